The molecule has 8 nitrogen and oxygen atoms in total. The topological polar surface area (TPSA) is 113 Å². The SMILES string of the molecule is CC(C)CC(NC(=O)OC1CCN(S(=O)(=O)c2cccc(F)c2)CC1)C(=O)O. The van der Waals surface area contributed by atoms with Gasteiger partial charge < -0.3 is 15.2 Å². The van der Waals surface area contributed by atoms with Crippen LogP contribution in [0.3, 0.4) is 0 Å². The number of aliphatic carboxylic acids is 1. The fourth-order valence-electron chi connectivity index (χ4n) is 2.99. The van der Waals surface area contributed by atoms with Gasteiger partial charge in [0.2, 0.25) is 10.0 Å². The Bertz CT molecular complexity index is 806. The van der Waals surface area contributed by atoms with Crippen LogP contribution in [0.4, 0.5) is 9.18 Å². The molecule has 0 bridgehead atoms. The number of sulfonamides is 1. The van der Waals surface area contributed by atoms with Gasteiger partial charge in [0, 0.05) is 13.1 Å². The quantitative estimate of drug-likeness (QED) is 0.705. The van der Waals surface area contributed by atoms with Crippen molar-refractivity contribution in [3.05, 3.63) is 30.1 Å². The Balaban J connectivity index is 1.89. The first-order valence-corrected chi connectivity index (χ1v) is 10.5. The van der Waals surface area contributed by atoms with Crippen LogP contribution < -0.4 is 5.32 Å². The van der Waals surface area contributed by atoms with Crippen LogP contribution in [0.15, 0.2) is 29.2 Å². The lowest BCUT2D eigenvalue weighted by molar-refractivity contribution is -0.139. The molecule has 0 radical (unpaired) electrons. The van der Waals surface area contributed by atoms with E-state index in [4.69, 9.17) is 9.84 Å². The number of hydrogen-bond acceptors (Lipinski definition) is 5. The number of alkyl carbamates (subject to hydrolysis) is 1. The molecular formula is C18H25FN2O6S. The van der Waals surface area contributed by atoms with Gasteiger partial charge in [-0.05, 0) is 43.4 Å². The number of carbonyl (C=O) groups excluding carboxylic acids is 1. The zero-order valence-corrected chi connectivity index (χ0v) is 16.6. The summed E-state index contributed by atoms with van der Waals surface area (Å²) in [5.41, 5.74) is 0. The second-order valence-corrected chi connectivity index (χ2v) is 9.07. The summed E-state index contributed by atoms with van der Waals surface area (Å²) in [6, 6.07) is 3.75. The van der Waals surface area contributed by atoms with Gasteiger partial charge in [0.1, 0.15) is 18.0 Å². The highest BCUT2D eigenvalue weighted by Crippen LogP contribution is 2.22. The number of amides is 1. The van der Waals surface area contributed by atoms with Crippen LogP contribution >= 0.6 is 0 Å². The Labute approximate surface area is 163 Å². The maximum Gasteiger partial charge on any atom is 0.408 e. The molecule has 0 spiro atoms. The van der Waals surface area contributed by atoms with Gasteiger partial charge in [-0.3, -0.25) is 0 Å². The third kappa shape index (κ3) is 5.90. The minimum absolute atomic E-state index is 0.0812. The number of nitrogens with zero attached hydrogens (tertiary/aromatic N) is 1. The molecule has 1 aromatic carbocycles. The molecule has 156 valence electrons. The molecule has 2 N–H and O–H groups in total. The van der Waals surface area contributed by atoms with Crippen molar-refractivity contribution in [3.8, 4) is 0 Å². The third-order valence-electron chi connectivity index (χ3n) is 4.41. The van der Waals surface area contributed by atoms with Gasteiger partial charge >= 0.3 is 12.1 Å². The summed E-state index contributed by atoms with van der Waals surface area (Å²) in [5, 5.41) is 11.5. The largest absolute Gasteiger partial charge is 0.480 e. The normalized spacial score (nSPS) is 17.3. The standard InChI is InChI=1S/C18H25FN2O6S/c1-12(2)10-16(17(22)23)20-18(24)27-14-6-8-21(9-7-14)28(25,26)15-5-3-4-13(19)11-15/h3-5,11-12,14,16H,6-10H2,1-2H3,(H,20,24)(H,22,23). The van der Waals surface area contributed by atoms with E-state index in [2.05, 4.69) is 5.32 Å². The molecule has 2 rings (SSSR count). The first-order chi connectivity index (χ1) is 13.1. The Morgan fingerprint density at radius 1 is 1.32 bits per heavy atom. The number of hydrogen-bond donors (Lipinski definition) is 2. The summed E-state index contributed by atoms with van der Waals surface area (Å²) in [4.78, 5) is 23.1. The number of carbonyl (C=O) groups is 2. The van der Waals surface area contributed by atoms with E-state index in [0.717, 1.165) is 6.07 Å². The average molecular weight is 416 g/mol. The molecule has 1 amide bonds. The van der Waals surface area contributed by atoms with Crippen molar-refractivity contribution < 1.29 is 32.2 Å². The number of nitrogens with one attached hydrogen (secondary N) is 1. The van der Waals surface area contributed by atoms with Gasteiger partial charge in [0.25, 0.3) is 0 Å². The summed E-state index contributed by atoms with van der Waals surface area (Å²) < 4.78 is 44.9. The van der Waals surface area contributed by atoms with Crippen molar-refractivity contribution in [1.82, 2.24) is 9.62 Å². The summed E-state index contributed by atoms with van der Waals surface area (Å²) in [6.45, 7) is 3.92. The van der Waals surface area contributed by atoms with Crippen molar-refractivity contribution in [2.24, 2.45) is 5.92 Å². The highest BCUT2D eigenvalue weighted by molar-refractivity contribution is 7.89. The molecule has 1 unspecified atom stereocenters. The van der Waals surface area contributed by atoms with E-state index in [1.54, 1.807) is 0 Å². The lowest BCUT2D eigenvalue weighted by atomic mass is 10.0. The van der Waals surface area contributed by atoms with E-state index < -0.39 is 40.0 Å². The lowest BCUT2D eigenvalue weighted by Gasteiger charge is -2.31. The van der Waals surface area contributed by atoms with Crippen LogP contribution in [0.25, 0.3) is 0 Å². The molecule has 0 aliphatic carbocycles. The molecule has 1 aliphatic rings. The van der Waals surface area contributed by atoms with Crippen LogP contribution in [0.2, 0.25) is 0 Å². The molecule has 0 aromatic heterocycles. The molecule has 10 heteroatoms. The smallest absolute Gasteiger partial charge is 0.408 e. The Morgan fingerprint density at radius 2 is 1.96 bits per heavy atom. The number of rotatable bonds is 7. The molecule has 1 aromatic rings. The third-order valence-corrected chi connectivity index (χ3v) is 6.30. The summed E-state index contributed by atoms with van der Waals surface area (Å²) in [5.74, 6) is -1.69. The molecule has 0 saturated carbocycles. The summed E-state index contributed by atoms with van der Waals surface area (Å²) in [6.07, 6.45) is -0.547. The second-order valence-electron chi connectivity index (χ2n) is 7.13. The molecule has 1 saturated heterocycles. The number of halogens is 1. The van der Waals surface area contributed by atoms with Crippen LogP contribution in [-0.4, -0.2) is 55.1 Å². The first kappa shape index (κ1) is 22.1. The lowest BCUT2D eigenvalue weighted by Crippen LogP contribution is -2.45. The zero-order valence-electron chi connectivity index (χ0n) is 15.8. The molecular weight excluding hydrogens is 391 g/mol. The van der Waals surface area contributed by atoms with E-state index in [9.17, 15) is 22.4 Å². The zero-order chi connectivity index (χ0) is 20.9. The molecule has 1 atom stereocenters. The van der Waals surface area contributed by atoms with Gasteiger partial charge in [-0.2, -0.15) is 4.31 Å². The van der Waals surface area contributed by atoms with Crippen LogP contribution in [0.5, 0.6) is 0 Å². The fraction of sp³-hybridized carbons (Fsp3) is 0.556. The Morgan fingerprint density at radius 3 is 2.50 bits per heavy atom. The monoisotopic (exact) mass is 416 g/mol. The maximum absolute atomic E-state index is 13.3. The Kier molecular flexibility index (Phi) is 7.36. The van der Waals surface area contributed by atoms with Gasteiger partial charge in [-0.25, -0.2) is 22.4 Å². The van der Waals surface area contributed by atoms with Crippen LogP contribution in [0, 0.1) is 11.7 Å². The first-order valence-electron chi connectivity index (χ1n) is 9.05. The number of piperidine rings is 1. The van der Waals surface area contributed by atoms with E-state index in [0.29, 0.717) is 0 Å². The summed E-state index contributed by atoms with van der Waals surface area (Å²) in [7, 11) is -3.82. The highest BCUT2D eigenvalue weighted by Gasteiger charge is 2.31. The molecule has 1 aliphatic heterocycles. The van der Waals surface area contributed by atoms with Crippen molar-refractivity contribution in [2.75, 3.05) is 13.1 Å². The van der Waals surface area contributed by atoms with Crippen LogP contribution in [0.1, 0.15) is 33.1 Å². The second kappa shape index (κ2) is 9.33. The van der Waals surface area contributed by atoms with E-state index in [-0.39, 0.29) is 43.2 Å². The molecule has 1 heterocycles. The molecule has 1 fully saturated rings. The van der Waals surface area contributed by atoms with Gasteiger partial charge in [-0.15, -0.1) is 0 Å². The minimum atomic E-state index is -3.82. The fourth-order valence-corrected chi connectivity index (χ4v) is 4.49. The van der Waals surface area contributed by atoms with Crippen LogP contribution in [-0.2, 0) is 19.6 Å². The number of carboxylic acids is 1. The van der Waals surface area contributed by atoms with Gasteiger partial charge in [0.15, 0.2) is 0 Å². The maximum atomic E-state index is 13.3. The Hall–Kier alpha value is -2.20. The number of ether oxygens (including phenoxy) is 1. The predicted octanol–water partition coefficient (Wildman–Crippen LogP) is 2.20. The van der Waals surface area contributed by atoms with Crippen molar-refractivity contribution in [2.45, 2.75) is 50.2 Å². The van der Waals surface area contributed by atoms with E-state index in [1.807, 2.05) is 13.8 Å². The van der Waals surface area contributed by atoms with E-state index >= 15 is 0 Å². The molecule has 28 heavy (non-hydrogen) atoms. The van der Waals surface area contributed by atoms with Crippen molar-refractivity contribution in [1.29, 1.82) is 0 Å². The van der Waals surface area contributed by atoms with Crippen molar-refractivity contribution >= 4 is 22.1 Å². The van der Waals surface area contributed by atoms with Crippen molar-refractivity contribution in [3.63, 3.8) is 0 Å². The number of carboxylic acid groups (broad SMARTS) is 1. The summed E-state index contributed by atoms with van der Waals surface area (Å²) >= 11 is 0. The minimum Gasteiger partial charge on any atom is -0.480 e. The van der Waals surface area contributed by atoms with Gasteiger partial charge in [-0.1, -0.05) is 19.9 Å². The predicted molar refractivity (Wildman–Crippen MR) is 98.7 cm³/mol. The van der Waals surface area contributed by atoms with Gasteiger partial charge in [0.05, 0.1) is 4.90 Å². The average Bonchev–Trinajstić information content (AvgIpc) is 2.61. The van der Waals surface area contributed by atoms with E-state index in [1.165, 1.54) is 22.5 Å². The highest BCUT2D eigenvalue weighted by atomic mass is 32.2. The number of benzene rings is 1.